The summed E-state index contributed by atoms with van der Waals surface area (Å²) in [6, 6.07) is 0. The van der Waals surface area contributed by atoms with E-state index >= 15 is 0 Å². The normalized spacial score (nSPS) is 16.8. The highest BCUT2D eigenvalue weighted by Gasteiger charge is 2.30. The Bertz CT molecular complexity index is 286. The Morgan fingerprint density at radius 2 is 2.45 bits per heavy atom. The lowest BCUT2D eigenvalue weighted by Crippen LogP contribution is -1.94. The second kappa shape index (κ2) is 2.19. The second-order valence-electron chi connectivity index (χ2n) is 2.94. The van der Waals surface area contributed by atoms with Crippen LogP contribution in [-0.4, -0.2) is 10.9 Å². The van der Waals surface area contributed by atoms with Crippen LogP contribution in [0.4, 0.5) is 0 Å². The first kappa shape index (κ1) is 6.58. The summed E-state index contributed by atoms with van der Waals surface area (Å²) in [4.78, 5) is 11.0. The minimum Gasteiger partial charge on any atom is -0.364 e. The van der Waals surface area contributed by atoms with Gasteiger partial charge in [0.25, 0.3) is 0 Å². The van der Waals surface area contributed by atoms with E-state index in [9.17, 15) is 4.79 Å². The monoisotopic (exact) mass is 151 g/mol. The number of carbonyl (C=O) groups excluding carboxylic acids is 1. The summed E-state index contributed by atoms with van der Waals surface area (Å²) in [5, 5.41) is 3.80. The van der Waals surface area contributed by atoms with Crippen molar-refractivity contribution in [2.75, 3.05) is 0 Å². The molecule has 2 rings (SSSR count). The van der Waals surface area contributed by atoms with Crippen LogP contribution in [0.25, 0.3) is 0 Å². The standard InChI is InChI=1S/C8H9NO2/c1-5(10)7-4-11-9-8(7)6-2-3-6/h4,6H,2-3H2,1H3. The number of nitrogens with zero attached hydrogens (tertiary/aromatic N) is 1. The molecule has 0 amide bonds. The summed E-state index contributed by atoms with van der Waals surface area (Å²) in [6.45, 7) is 1.54. The van der Waals surface area contributed by atoms with Crippen molar-refractivity contribution in [2.45, 2.75) is 25.7 Å². The van der Waals surface area contributed by atoms with E-state index in [-0.39, 0.29) is 5.78 Å². The third-order valence-electron chi connectivity index (χ3n) is 1.94. The molecular weight excluding hydrogens is 142 g/mol. The number of carbonyl (C=O) groups is 1. The Balaban J connectivity index is 2.37. The van der Waals surface area contributed by atoms with E-state index in [0.717, 1.165) is 18.5 Å². The SMILES string of the molecule is CC(=O)c1conc1C1CC1. The van der Waals surface area contributed by atoms with Gasteiger partial charge in [-0.2, -0.15) is 0 Å². The van der Waals surface area contributed by atoms with Crippen LogP contribution in [0.5, 0.6) is 0 Å². The molecule has 58 valence electrons. The fourth-order valence-corrected chi connectivity index (χ4v) is 1.16. The molecule has 0 radical (unpaired) electrons. The third-order valence-corrected chi connectivity index (χ3v) is 1.94. The highest BCUT2D eigenvalue weighted by atomic mass is 16.5. The zero-order chi connectivity index (χ0) is 7.84. The molecule has 1 aromatic rings. The van der Waals surface area contributed by atoms with E-state index in [2.05, 4.69) is 5.16 Å². The lowest BCUT2D eigenvalue weighted by atomic mass is 10.1. The van der Waals surface area contributed by atoms with Gasteiger partial charge in [-0.3, -0.25) is 4.79 Å². The first-order valence-electron chi connectivity index (χ1n) is 3.74. The third kappa shape index (κ3) is 1.06. The Morgan fingerprint density at radius 1 is 1.73 bits per heavy atom. The minimum absolute atomic E-state index is 0.0492. The van der Waals surface area contributed by atoms with Gasteiger partial charge in [-0.1, -0.05) is 5.16 Å². The summed E-state index contributed by atoms with van der Waals surface area (Å²) in [5.41, 5.74) is 1.52. The topological polar surface area (TPSA) is 43.1 Å². The van der Waals surface area contributed by atoms with Crippen LogP contribution in [0.2, 0.25) is 0 Å². The molecule has 3 nitrogen and oxygen atoms in total. The number of aromatic nitrogens is 1. The van der Waals surface area contributed by atoms with E-state index in [0.29, 0.717) is 11.5 Å². The molecule has 1 aliphatic rings. The van der Waals surface area contributed by atoms with E-state index in [1.54, 1.807) is 6.92 Å². The summed E-state index contributed by atoms with van der Waals surface area (Å²) < 4.78 is 4.74. The summed E-state index contributed by atoms with van der Waals surface area (Å²) >= 11 is 0. The van der Waals surface area contributed by atoms with Crippen molar-refractivity contribution in [1.82, 2.24) is 5.16 Å². The summed E-state index contributed by atoms with van der Waals surface area (Å²) in [7, 11) is 0. The van der Waals surface area contributed by atoms with Gasteiger partial charge in [-0.25, -0.2) is 0 Å². The van der Waals surface area contributed by atoms with Gasteiger partial charge < -0.3 is 4.52 Å². The van der Waals surface area contributed by atoms with Crippen LogP contribution >= 0.6 is 0 Å². The quantitative estimate of drug-likeness (QED) is 0.605. The minimum atomic E-state index is 0.0492. The molecule has 3 heteroatoms. The largest absolute Gasteiger partial charge is 0.364 e. The van der Waals surface area contributed by atoms with Crippen LogP contribution < -0.4 is 0 Å². The molecule has 11 heavy (non-hydrogen) atoms. The fourth-order valence-electron chi connectivity index (χ4n) is 1.16. The molecule has 0 spiro atoms. The van der Waals surface area contributed by atoms with Gasteiger partial charge in [0.05, 0.1) is 11.3 Å². The van der Waals surface area contributed by atoms with Crippen LogP contribution in [0.1, 0.15) is 41.7 Å². The molecule has 0 bridgehead atoms. The molecule has 0 aromatic carbocycles. The van der Waals surface area contributed by atoms with Crippen molar-refractivity contribution in [3.8, 4) is 0 Å². The lowest BCUT2D eigenvalue weighted by molar-refractivity contribution is 0.101. The molecule has 1 aliphatic carbocycles. The van der Waals surface area contributed by atoms with Gasteiger partial charge in [0.15, 0.2) is 5.78 Å². The summed E-state index contributed by atoms with van der Waals surface area (Å²) in [6.07, 6.45) is 3.73. The zero-order valence-electron chi connectivity index (χ0n) is 6.33. The maximum atomic E-state index is 11.0. The van der Waals surface area contributed by atoms with Crippen molar-refractivity contribution < 1.29 is 9.32 Å². The first-order chi connectivity index (χ1) is 5.29. The van der Waals surface area contributed by atoms with Gasteiger partial charge in [0, 0.05) is 5.92 Å². The van der Waals surface area contributed by atoms with Crippen LogP contribution in [-0.2, 0) is 0 Å². The molecule has 1 saturated carbocycles. The van der Waals surface area contributed by atoms with Crippen molar-refractivity contribution in [1.29, 1.82) is 0 Å². The number of hydrogen-bond donors (Lipinski definition) is 0. The van der Waals surface area contributed by atoms with Crippen molar-refractivity contribution in [3.05, 3.63) is 17.5 Å². The van der Waals surface area contributed by atoms with E-state index in [4.69, 9.17) is 4.52 Å². The number of ketones is 1. The fraction of sp³-hybridized carbons (Fsp3) is 0.500. The highest BCUT2D eigenvalue weighted by Crippen LogP contribution is 2.40. The predicted octanol–water partition coefficient (Wildman–Crippen LogP) is 1.75. The van der Waals surface area contributed by atoms with Crippen LogP contribution in [0, 0.1) is 0 Å². The second-order valence-corrected chi connectivity index (χ2v) is 2.94. The smallest absolute Gasteiger partial charge is 0.164 e. The first-order valence-corrected chi connectivity index (χ1v) is 3.74. The van der Waals surface area contributed by atoms with Crippen LogP contribution in [0.15, 0.2) is 10.8 Å². The molecule has 0 atom stereocenters. The predicted molar refractivity (Wildman–Crippen MR) is 38.5 cm³/mol. The Hall–Kier alpha value is -1.12. The average molecular weight is 151 g/mol. The number of Topliss-reactive ketones (excluding diaryl/α,β-unsaturated/α-hetero) is 1. The summed E-state index contributed by atoms with van der Waals surface area (Å²) in [5.74, 6) is 0.542. The van der Waals surface area contributed by atoms with E-state index in [1.807, 2.05) is 0 Å². The van der Waals surface area contributed by atoms with Gasteiger partial charge in [-0.05, 0) is 19.8 Å². The van der Waals surface area contributed by atoms with Crippen molar-refractivity contribution >= 4 is 5.78 Å². The average Bonchev–Trinajstić information content (AvgIpc) is 2.68. The number of hydrogen-bond acceptors (Lipinski definition) is 3. The molecule has 0 aliphatic heterocycles. The maximum absolute atomic E-state index is 11.0. The Labute approximate surface area is 64.4 Å². The van der Waals surface area contributed by atoms with Crippen molar-refractivity contribution in [3.63, 3.8) is 0 Å². The van der Waals surface area contributed by atoms with Gasteiger partial charge in [0.2, 0.25) is 0 Å². The molecule has 1 fully saturated rings. The lowest BCUT2D eigenvalue weighted by Gasteiger charge is -1.90. The molecule has 0 saturated heterocycles. The maximum Gasteiger partial charge on any atom is 0.164 e. The zero-order valence-corrected chi connectivity index (χ0v) is 6.33. The molecule has 1 aromatic heterocycles. The van der Waals surface area contributed by atoms with Gasteiger partial charge in [-0.15, -0.1) is 0 Å². The Morgan fingerprint density at radius 3 is 3.00 bits per heavy atom. The van der Waals surface area contributed by atoms with E-state index < -0.39 is 0 Å². The highest BCUT2D eigenvalue weighted by molar-refractivity contribution is 5.94. The van der Waals surface area contributed by atoms with Crippen LogP contribution in [0.3, 0.4) is 0 Å². The Kier molecular flexibility index (Phi) is 1.31. The molecular formula is C8H9NO2. The van der Waals surface area contributed by atoms with Crippen molar-refractivity contribution in [2.24, 2.45) is 0 Å². The van der Waals surface area contributed by atoms with E-state index in [1.165, 1.54) is 6.26 Å². The number of rotatable bonds is 2. The molecule has 1 heterocycles. The van der Waals surface area contributed by atoms with Gasteiger partial charge >= 0.3 is 0 Å². The molecule has 0 unspecified atom stereocenters. The molecule has 0 N–H and O–H groups in total. The van der Waals surface area contributed by atoms with Gasteiger partial charge in [0.1, 0.15) is 6.26 Å².